The molecule has 0 amide bonds. The Morgan fingerprint density at radius 1 is 1.00 bits per heavy atom. The highest BCUT2D eigenvalue weighted by Gasteiger charge is 2.57. The molecular weight excluding hydrogens is 228 g/mol. The summed E-state index contributed by atoms with van der Waals surface area (Å²) in [6.45, 7) is 2.38. The Bertz CT molecular complexity index is 444. The maximum absolute atomic E-state index is 2.41. The van der Waals surface area contributed by atoms with Crippen molar-refractivity contribution >= 4 is 0 Å². The van der Waals surface area contributed by atoms with Crippen LogP contribution in [-0.4, -0.2) is 0 Å². The van der Waals surface area contributed by atoms with Crippen molar-refractivity contribution in [1.82, 2.24) is 0 Å². The quantitative estimate of drug-likeness (QED) is 0.684. The van der Waals surface area contributed by atoms with Gasteiger partial charge in [-0.3, -0.25) is 0 Å². The molecule has 4 saturated carbocycles. The highest BCUT2D eigenvalue weighted by Crippen LogP contribution is 2.66. The normalized spacial score (nSPS) is 43.6. The van der Waals surface area contributed by atoms with Crippen LogP contribution in [0.25, 0.3) is 0 Å². The first-order chi connectivity index (χ1) is 9.24. The number of benzene rings is 1. The van der Waals surface area contributed by atoms with Gasteiger partial charge in [-0.15, -0.1) is 0 Å². The fourth-order valence-corrected chi connectivity index (χ4v) is 6.40. The molecule has 0 saturated heterocycles. The predicted octanol–water partition coefficient (Wildman–Crippen LogP) is 5.32. The van der Waals surface area contributed by atoms with Crippen LogP contribution in [0.5, 0.6) is 0 Å². The molecule has 0 heteroatoms. The summed E-state index contributed by atoms with van der Waals surface area (Å²) in [5.41, 5.74) is 2.93. The summed E-state index contributed by atoms with van der Waals surface area (Å²) in [4.78, 5) is 0. The first kappa shape index (κ1) is 12.0. The van der Waals surface area contributed by atoms with E-state index in [9.17, 15) is 0 Å². The highest BCUT2D eigenvalue weighted by atomic mass is 14.6. The van der Waals surface area contributed by atoms with Crippen LogP contribution >= 0.6 is 0 Å². The molecule has 0 heterocycles. The van der Waals surface area contributed by atoms with Crippen molar-refractivity contribution in [3.63, 3.8) is 0 Å². The fraction of sp³-hybridized carbons (Fsp3) is 0.684. The van der Waals surface area contributed by atoms with Crippen molar-refractivity contribution in [2.75, 3.05) is 0 Å². The van der Waals surface area contributed by atoms with Crippen LogP contribution in [0.3, 0.4) is 0 Å². The van der Waals surface area contributed by atoms with E-state index in [1.54, 1.807) is 24.8 Å². The summed E-state index contributed by atoms with van der Waals surface area (Å²) in [6.07, 6.45) is 12.0. The van der Waals surface area contributed by atoms with Gasteiger partial charge in [-0.25, -0.2) is 0 Å². The van der Waals surface area contributed by atoms with Gasteiger partial charge in [0.25, 0.3) is 0 Å². The van der Waals surface area contributed by atoms with Crippen molar-refractivity contribution in [2.45, 2.75) is 63.7 Å². The van der Waals surface area contributed by atoms with Crippen molar-refractivity contribution in [3.8, 4) is 0 Å². The number of rotatable bonds is 3. The SMILES string of the molecule is CCCC12CC3CC(C1)CC(c1ccccc1)(C3)C2. The van der Waals surface area contributed by atoms with E-state index in [0.29, 0.717) is 10.8 Å². The highest BCUT2D eigenvalue weighted by molar-refractivity contribution is 5.30. The van der Waals surface area contributed by atoms with E-state index in [0.717, 1.165) is 11.8 Å². The third-order valence-corrected chi connectivity index (χ3v) is 6.35. The maximum Gasteiger partial charge on any atom is -0.00364 e. The third kappa shape index (κ3) is 1.79. The van der Waals surface area contributed by atoms with Crippen LogP contribution in [0.1, 0.15) is 63.9 Å². The van der Waals surface area contributed by atoms with Gasteiger partial charge in [-0.1, -0.05) is 43.7 Å². The second-order valence-corrected chi connectivity index (χ2v) is 7.86. The summed E-state index contributed by atoms with van der Waals surface area (Å²) in [6, 6.07) is 11.5. The average molecular weight is 254 g/mol. The molecule has 102 valence electrons. The first-order valence-electron chi connectivity index (χ1n) is 8.29. The number of hydrogen-bond acceptors (Lipinski definition) is 0. The van der Waals surface area contributed by atoms with Crippen LogP contribution in [0.2, 0.25) is 0 Å². The molecule has 4 bridgehead atoms. The molecular formula is C19H26. The van der Waals surface area contributed by atoms with Gasteiger partial charge >= 0.3 is 0 Å². The Morgan fingerprint density at radius 2 is 1.68 bits per heavy atom. The zero-order valence-corrected chi connectivity index (χ0v) is 12.2. The number of hydrogen-bond donors (Lipinski definition) is 0. The summed E-state index contributed by atoms with van der Waals surface area (Å²) in [7, 11) is 0. The third-order valence-electron chi connectivity index (χ3n) is 6.35. The van der Waals surface area contributed by atoms with Gasteiger partial charge < -0.3 is 0 Å². The zero-order chi connectivity index (χ0) is 12.9. The van der Waals surface area contributed by atoms with E-state index >= 15 is 0 Å². The minimum atomic E-state index is 0.556. The molecule has 0 N–H and O–H groups in total. The molecule has 0 spiro atoms. The lowest BCUT2D eigenvalue weighted by Crippen LogP contribution is -2.53. The minimum absolute atomic E-state index is 0.556. The molecule has 4 aliphatic rings. The lowest BCUT2D eigenvalue weighted by molar-refractivity contribution is -0.0764. The molecule has 0 nitrogen and oxygen atoms in total. The lowest BCUT2D eigenvalue weighted by Gasteiger charge is -2.62. The predicted molar refractivity (Wildman–Crippen MR) is 80.1 cm³/mol. The van der Waals surface area contributed by atoms with Crippen LogP contribution in [0, 0.1) is 17.3 Å². The van der Waals surface area contributed by atoms with Crippen molar-refractivity contribution in [1.29, 1.82) is 0 Å². The Morgan fingerprint density at radius 3 is 2.32 bits per heavy atom. The summed E-state index contributed by atoms with van der Waals surface area (Å²) < 4.78 is 0. The lowest BCUT2D eigenvalue weighted by atomic mass is 9.42. The summed E-state index contributed by atoms with van der Waals surface area (Å²) in [5.74, 6) is 2.07. The molecule has 0 aromatic heterocycles. The Hall–Kier alpha value is -0.780. The van der Waals surface area contributed by atoms with Crippen molar-refractivity contribution in [2.24, 2.45) is 17.3 Å². The standard InChI is InChI=1S/C19H26/c1-2-8-18-10-15-9-16(11-18)13-19(12-15,14-18)17-6-4-3-5-7-17/h3-7,15-16H,2,8-14H2,1H3. The monoisotopic (exact) mass is 254 g/mol. The molecule has 5 rings (SSSR count). The van der Waals surface area contributed by atoms with E-state index in [1.165, 1.54) is 32.1 Å². The van der Waals surface area contributed by atoms with Gasteiger partial charge in [0, 0.05) is 0 Å². The molecule has 19 heavy (non-hydrogen) atoms. The second kappa shape index (κ2) is 4.11. The van der Waals surface area contributed by atoms with Crippen LogP contribution in [0.15, 0.2) is 30.3 Å². The topological polar surface area (TPSA) is 0 Å². The molecule has 0 radical (unpaired) electrons. The molecule has 2 atom stereocenters. The van der Waals surface area contributed by atoms with E-state index in [-0.39, 0.29) is 0 Å². The van der Waals surface area contributed by atoms with E-state index in [2.05, 4.69) is 37.3 Å². The van der Waals surface area contributed by atoms with Gasteiger partial charge in [0.2, 0.25) is 0 Å². The summed E-state index contributed by atoms with van der Waals surface area (Å²) >= 11 is 0. The molecule has 1 aromatic carbocycles. The van der Waals surface area contributed by atoms with E-state index in [4.69, 9.17) is 0 Å². The second-order valence-electron chi connectivity index (χ2n) is 7.86. The summed E-state index contributed by atoms with van der Waals surface area (Å²) in [5, 5.41) is 0. The first-order valence-corrected chi connectivity index (χ1v) is 8.29. The largest absolute Gasteiger partial charge is 0.0654 e. The van der Waals surface area contributed by atoms with E-state index in [1.807, 2.05) is 0 Å². The van der Waals surface area contributed by atoms with E-state index < -0.39 is 0 Å². The molecule has 0 aliphatic heterocycles. The molecule has 4 aliphatic carbocycles. The van der Waals surface area contributed by atoms with Crippen LogP contribution in [0.4, 0.5) is 0 Å². The Kier molecular flexibility index (Phi) is 2.59. The Labute approximate surface area is 117 Å². The zero-order valence-electron chi connectivity index (χ0n) is 12.2. The molecule has 4 fully saturated rings. The van der Waals surface area contributed by atoms with Gasteiger partial charge in [0.05, 0.1) is 0 Å². The fourth-order valence-electron chi connectivity index (χ4n) is 6.40. The Balaban J connectivity index is 1.74. The van der Waals surface area contributed by atoms with Crippen LogP contribution < -0.4 is 0 Å². The van der Waals surface area contributed by atoms with Gasteiger partial charge in [0.15, 0.2) is 0 Å². The maximum atomic E-state index is 2.41. The smallest absolute Gasteiger partial charge is 0.00364 e. The van der Waals surface area contributed by atoms with Gasteiger partial charge in [-0.2, -0.15) is 0 Å². The average Bonchev–Trinajstić information content (AvgIpc) is 2.38. The van der Waals surface area contributed by atoms with Crippen molar-refractivity contribution < 1.29 is 0 Å². The minimum Gasteiger partial charge on any atom is -0.0654 e. The molecule has 2 unspecified atom stereocenters. The van der Waals surface area contributed by atoms with Gasteiger partial charge in [-0.05, 0) is 73.2 Å². The van der Waals surface area contributed by atoms with Crippen LogP contribution in [-0.2, 0) is 5.41 Å². The molecule has 1 aromatic rings. The van der Waals surface area contributed by atoms with Gasteiger partial charge in [0.1, 0.15) is 0 Å². The van der Waals surface area contributed by atoms with Crippen molar-refractivity contribution in [3.05, 3.63) is 35.9 Å².